The number of ether oxygens (including phenoxy) is 1. The summed E-state index contributed by atoms with van der Waals surface area (Å²) in [6, 6.07) is 49.5. The van der Waals surface area contributed by atoms with E-state index >= 15 is 4.39 Å². The van der Waals surface area contributed by atoms with Crippen LogP contribution in [-0.4, -0.2) is 9.55 Å². The Labute approximate surface area is 415 Å². The minimum atomic E-state index is -2.63. The predicted octanol–water partition coefficient (Wildman–Crippen LogP) is 16.1. The van der Waals surface area contributed by atoms with Gasteiger partial charge in [-0.15, -0.1) is 53.6 Å². The van der Waals surface area contributed by atoms with Crippen molar-refractivity contribution in [2.45, 2.75) is 66.1 Å². The van der Waals surface area contributed by atoms with Gasteiger partial charge in [0.05, 0.1) is 11.6 Å². The van der Waals surface area contributed by atoms with Gasteiger partial charge in [-0.25, -0.2) is 13.8 Å². The van der Waals surface area contributed by atoms with E-state index < -0.39 is 18.5 Å². The number of pyridine rings is 1. The fourth-order valence-corrected chi connectivity index (χ4v) is 9.15. The van der Waals surface area contributed by atoms with Crippen molar-refractivity contribution in [1.29, 1.82) is 5.26 Å². The number of fused-ring (bicyclic) bond motifs is 4. The third-order valence-electron chi connectivity index (χ3n) is 12.6. The van der Waals surface area contributed by atoms with Crippen LogP contribution in [-0.2, 0) is 21.1 Å². The molecule has 0 saturated carbocycles. The molecule has 0 spiro atoms. The van der Waals surface area contributed by atoms with Crippen molar-refractivity contribution in [3.8, 4) is 45.6 Å². The molecule has 2 aromatic heterocycles. The van der Waals surface area contributed by atoms with Gasteiger partial charge in [0.25, 0.3) is 0 Å². The van der Waals surface area contributed by atoms with Gasteiger partial charge in [0.2, 0.25) is 0 Å². The van der Waals surface area contributed by atoms with Gasteiger partial charge in [-0.2, -0.15) is 11.3 Å². The van der Waals surface area contributed by atoms with E-state index in [1.54, 1.807) is 24.4 Å². The van der Waals surface area contributed by atoms with Gasteiger partial charge >= 0.3 is 0 Å². The summed E-state index contributed by atoms with van der Waals surface area (Å²) >= 11 is 0. The van der Waals surface area contributed by atoms with Crippen molar-refractivity contribution in [3.63, 3.8) is 0 Å². The first kappa shape index (κ1) is 42.3. The van der Waals surface area contributed by atoms with Crippen LogP contribution in [0, 0.1) is 48.6 Å². The van der Waals surface area contributed by atoms with Crippen LogP contribution in [0.3, 0.4) is 0 Å². The first-order valence-corrected chi connectivity index (χ1v) is 22.5. The molecule has 0 aliphatic carbocycles. The largest absolute Gasteiger partial charge is 0.509 e. The van der Waals surface area contributed by atoms with Gasteiger partial charge in [-0.1, -0.05) is 89.5 Å². The Bertz CT molecular complexity index is 3520. The van der Waals surface area contributed by atoms with Crippen LogP contribution in [0.1, 0.15) is 91.2 Å². The van der Waals surface area contributed by atoms with E-state index in [4.69, 9.17) is 8.85 Å². The second-order valence-electron chi connectivity index (χ2n) is 17.9. The Morgan fingerprint density at radius 2 is 1.46 bits per heavy atom. The summed E-state index contributed by atoms with van der Waals surface area (Å²) in [5.74, 6) is 0.299. The molecule has 10 rings (SSSR count). The molecule has 0 bridgehead atoms. The van der Waals surface area contributed by atoms with Crippen molar-refractivity contribution in [2.75, 3.05) is 9.80 Å². The topological polar surface area (TPSA) is 57.3 Å². The van der Waals surface area contributed by atoms with Crippen molar-refractivity contribution in [3.05, 3.63) is 198 Å². The molecule has 0 fully saturated rings. The number of nitriles is 1. The SMILES string of the molecule is [2H]C([2H])([2H])c1c(C#N)cccc1-c1cc(Oc2[c-]c3c(cc2)c2ccccc2n3-c2ccccn2)[c-]c(N2[CH-]N(c3c(C(C)C)cc(-c4ccc(F)cc4F)cc3C(C)C)c3cc(C(C)C)ccc32)c1.[Pt]. The third-order valence-corrected chi connectivity index (χ3v) is 12.6. The number of hydrogen-bond donors (Lipinski definition) is 0. The molecule has 9 aromatic rings. The third kappa shape index (κ3) is 8.24. The van der Waals surface area contributed by atoms with E-state index in [2.05, 4.69) is 98.5 Å². The second-order valence-corrected chi connectivity index (χ2v) is 17.9. The van der Waals surface area contributed by atoms with E-state index in [0.29, 0.717) is 33.7 Å². The number of nitrogens with zero attached hydrogens (tertiary/aromatic N) is 5. The fourth-order valence-electron chi connectivity index (χ4n) is 9.15. The molecule has 0 N–H and O–H groups in total. The van der Waals surface area contributed by atoms with Crippen LogP contribution < -0.4 is 14.5 Å². The molecule has 9 heteroatoms. The van der Waals surface area contributed by atoms with E-state index in [9.17, 15) is 9.65 Å². The van der Waals surface area contributed by atoms with E-state index in [1.807, 2.05) is 78.3 Å². The van der Waals surface area contributed by atoms with Crippen molar-refractivity contribution in [1.82, 2.24) is 9.55 Å². The summed E-state index contributed by atoms with van der Waals surface area (Å²) in [5, 5.41) is 12.2. The van der Waals surface area contributed by atoms with Gasteiger partial charge in [0.1, 0.15) is 17.5 Å². The maximum atomic E-state index is 15.5. The molecule has 0 atom stereocenters. The molecule has 342 valence electrons. The van der Waals surface area contributed by atoms with Crippen molar-refractivity contribution in [2.24, 2.45) is 0 Å². The van der Waals surface area contributed by atoms with Gasteiger partial charge in [-0.3, -0.25) is 0 Å². The average Bonchev–Trinajstić information content (AvgIpc) is 3.88. The minimum absolute atomic E-state index is 0. The molecule has 0 unspecified atom stereocenters. The molecule has 0 amide bonds. The summed E-state index contributed by atoms with van der Waals surface area (Å²) in [6.45, 7) is 12.1. The summed E-state index contributed by atoms with van der Waals surface area (Å²) in [6.07, 6.45) is 1.75. The number of aromatic nitrogens is 2. The summed E-state index contributed by atoms with van der Waals surface area (Å²) in [7, 11) is 0. The average molecular weight is 1080 g/mol. The van der Waals surface area contributed by atoms with Gasteiger partial charge in [-0.05, 0) is 124 Å². The number of benzene rings is 7. The maximum Gasteiger partial charge on any atom is 0.135 e. The Balaban J connectivity index is 0.00000624. The second kappa shape index (κ2) is 18.5. The van der Waals surface area contributed by atoms with Gasteiger partial charge < -0.3 is 19.1 Å². The monoisotopic (exact) mass is 1080 g/mol. The van der Waals surface area contributed by atoms with E-state index in [-0.39, 0.29) is 55.7 Å². The number of rotatable bonds is 10. The van der Waals surface area contributed by atoms with Crippen LogP contribution in [0.2, 0.25) is 0 Å². The zero-order valence-corrected chi connectivity index (χ0v) is 40.6. The normalized spacial score (nSPS) is 13.2. The quantitative estimate of drug-likeness (QED) is 0.128. The molecule has 0 radical (unpaired) electrons. The van der Waals surface area contributed by atoms with Crippen LogP contribution in [0.15, 0.2) is 140 Å². The Morgan fingerprint density at radius 3 is 2.16 bits per heavy atom. The van der Waals surface area contributed by atoms with Crippen LogP contribution in [0.4, 0.5) is 31.5 Å². The molecule has 6 nitrogen and oxygen atoms in total. The van der Waals surface area contributed by atoms with E-state index in [0.717, 1.165) is 67.4 Å². The van der Waals surface area contributed by atoms with Crippen LogP contribution >= 0.6 is 0 Å². The standard InChI is InChI=1S/C59H48F2N5O.Pt/c1-35(2)39-18-23-55-57(29-39)65(59-51(36(3)4)27-42(28-52(59)37(5)6)48-21-19-43(60)30-53(48)61)34-64(55)44-25-41(47-15-12-13-40(33-62)38(47)7)26-46(31-44)67-45-20-22-50-49-14-8-9-16-54(49)66(56(50)32-45)58-17-10-11-24-63-58;/h8-30,34-37H,1-7H3;/q-3;/i7D3;. The molecule has 7 aromatic carbocycles. The molecule has 1 aliphatic rings. The summed E-state index contributed by atoms with van der Waals surface area (Å²) in [5.41, 5.74) is 9.78. The number of anilines is 4. The van der Waals surface area contributed by atoms with Crippen LogP contribution in [0.5, 0.6) is 11.5 Å². The molecule has 3 heterocycles. The molecular formula is C59H48F2N5OPt-3. The molecular weight excluding hydrogens is 1030 g/mol. The maximum absolute atomic E-state index is 15.5. The first-order chi connectivity index (χ1) is 33.6. The van der Waals surface area contributed by atoms with Crippen LogP contribution in [0.25, 0.3) is 49.9 Å². The number of hydrogen-bond acceptors (Lipinski definition) is 5. The van der Waals surface area contributed by atoms with Gasteiger partial charge in [0.15, 0.2) is 0 Å². The number of halogens is 2. The molecule has 68 heavy (non-hydrogen) atoms. The van der Waals surface area contributed by atoms with Crippen molar-refractivity contribution < 1.29 is 38.7 Å². The first-order valence-electron chi connectivity index (χ1n) is 24.0. The van der Waals surface area contributed by atoms with Gasteiger partial charge in [0, 0.05) is 77.1 Å². The zero-order chi connectivity index (χ0) is 49.2. The van der Waals surface area contributed by atoms with Crippen molar-refractivity contribution >= 4 is 44.6 Å². The van der Waals surface area contributed by atoms with E-state index in [1.165, 1.54) is 18.2 Å². The zero-order valence-electron chi connectivity index (χ0n) is 41.3. The summed E-state index contributed by atoms with van der Waals surface area (Å²) in [4.78, 5) is 8.88. The Hall–Kier alpha value is -7.07. The minimum Gasteiger partial charge on any atom is -0.509 e. The fraction of sp³-hybridized carbons (Fsp3) is 0.169. The molecule has 0 saturated heterocycles. The summed E-state index contributed by atoms with van der Waals surface area (Å²) < 4.78 is 64.3. The Morgan fingerprint density at radius 1 is 0.691 bits per heavy atom. The molecule has 1 aliphatic heterocycles. The smallest absolute Gasteiger partial charge is 0.135 e. The predicted molar refractivity (Wildman–Crippen MR) is 267 cm³/mol. The number of para-hydroxylation sites is 1. The Kier molecular flexibility index (Phi) is 11.5.